The topological polar surface area (TPSA) is 89.9 Å². The Bertz CT molecular complexity index is 442. The van der Waals surface area contributed by atoms with Crippen LogP contribution in [0.5, 0.6) is 0 Å². The van der Waals surface area contributed by atoms with Crippen molar-refractivity contribution in [3.05, 3.63) is 23.0 Å². The van der Waals surface area contributed by atoms with Gasteiger partial charge in [0.15, 0.2) is 0 Å². The van der Waals surface area contributed by atoms with Crippen molar-refractivity contribution in [1.29, 1.82) is 0 Å². The number of carboxylic acid groups (broad SMARTS) is 1. The molecule has 7 heteroatoms. The standard InChI is InChI=1S/C10H13NO5S/c1-6-2-7-3-8(10(12)13)11(17(14)15)4-9(7)16-5-6/h2,8H,3-5H2,1H3,(H,12,13)(H,14,15)/p-1. The Morgan fingerprint density at radius 3 is 3.00 bits per heavy atom. The molecule has 1 N–H and O–H groups in total. The molecule has 2 atom stereocenters. The van der Waals surface area contributed by atoms with Gasteiger partial charge in [-0.1, -0.05) is 6.08 Å². The number of ether oxygens (including phenoxy) is 1. The van der Waals surface area contributed by atoms with Gasteiger partial charge in [-0.05, 0) is 18.1 Å². The summed E-state index contributed by atoms with van der Waals surface area (Å²) in [5.41, 5.74) is 1.78. The van der Waals surface area contributed by atoms with Crippen molar-refractivity contribution in [3.8, 4) is 0 Å². The van der Waals surface area contributed by atoms with E-state index in [0.717, 1.165) is 15.5 Å². The van der Waals surface area contributed by atoms with Crippen LogP contribution in [-0.4, -0.2) is 43.3 Å². The number of aliphatic carboxylic acids is 1. The maximum Gasteiger partial charge on any atom is 0.322 e. The molecule has 0 fully saturated rings. The Hall–Kier alpha value is -1.18. The third-order valence-corrected chi connectivity index (χ3v) is 3.56. The van der Waals surface area contributed by atoms with Crippen LogP contribution >= 0.6 is 0 Å². The van der Waals surface area contributed by atoms with Crippen LogP contribution in [0, 0.1) is 0 Å². The summed E-state index contributed by atoms with van der Waals surface area (Å²) in [4.78, 5) is 11.0. The van der Waals surface area contributed by atoms with Gasteiger partial charge in [-0.25, -0.2) is 4.31 Å². The number of hydrogen-bond donors (Lipinski definition) is 1. The number of nitrogens with zero attached hydrogens (tertiary/aromatic N) is 1. The van der Waals surface area contributed by atoms with Crippen molar-refractivity contribution < 1.29 is 23.4 Å². The van der Waals surface area contributed by atoms with Gasteiger partial charge in [-0.3, -0.25) is 9.00 Å². The lowest BCUT2D eigenvalue weighted by Gasteiger charge is -2.36. The molecule has 2 rings (SSSR count). The molecule has 2 aliphatic rings. The van der Waals surface area contributed by atoms with Crippen LogP contribution in [0.4, 0.5) is 0 Å². The Labute approximate surface area is 101 Å². The molecule has 0 saturated heterocycles. The van der Waals surface area contributed by atoms with Crippen LogP contribution in [0.1, 0.15) is 13.3 Å². The van der Waals surface area contributed by atoms with Crippen LogP contribution in [0.25, 0.3) is 0 Å². The molecule has 0 aromatic rings. The SMILES string of the molecule is CC1=CC2=C(CN(S(=O)[O-])C(C(=O)O)C2)OC1. The molecule has 6 nitrogen and oxygen atoms in total. The van der Waals surface area contributed by atoms with E-state index in [9.17, 15) is 13.6 Å². The first kappa shape index (κ1) is 12.3. The average molecular weight is 258 g/mol. The minimum absolute atomic E-state index is 0.00775. The highest BCUT2D eigenvalue weighted by molar-refractivity contribution is 7.76. The summed E-state index contributed by atoms with van der Waals surface area (Å²) in [5, 5.41) is 9.01. The molecule has 0 radical (unpaired) electrons. The van der Waals surface area contributed by atoms with E-state index in [4.69, 9.17) is 9.84 Å². The predicted octanol–water partition coefficient (Wildman–Crippen LogP) is 0.170. The third-order valence-electron chi connectivity index (χ3n) is 2.79. The Kier molecular flexibility index (Phi) is 3.32. The van der Waals surface area contributed by atoms with Crippen molar-refractivity contribution in [3.63, 3.8) is 0 Å². The van der Waals surface area contributed by atoms with Crippen LogP contribution in [-0.2, 0) is 20.8 Å². The molecule has 0 saturated carbocycles. The largest absolute Gasteiger partial charge is 0.760 e. The molecule has 2 unspecified atom stereocenters. The monoisotopic (exact) mass is 258 g/mol. The summed E-state index contributed by atoms with van der Waals surface area (Å²) in [6, 6.07) is -1.04. The zero-order chi connectivity index (χ0) is 12.6. The summed E-state index contributed by atoms with van der Waals surface area (Å²) in [5.74, 6) is -0.588. The van der Waals surface area contributed by atoms with E-state index >= 15 is 0 Å². The highest BCUT2D eigenvalue weighted by Gasteiger charge is 2.34. The molecule has 0 aromatic heterocycles. The Balaban J connectivity index is 2.31. The summed E-state index contributed by atoms with van der Waals surface area (Å²) in [7, 11) is 0. The van der Waals surface area contributed by atoms with Gasteiger partial charge in [-0.2, -0.15) is 0 Å². The normalized spacial score (nSPS) is 26.9. The molecular weight excluding hydrogens is 246 g/mol. The second kappa shape index (κ2) is 4.59. The lowest BCUT2D eigenvalue weighted by Crippen LogP contribution is -2.47. The fourth-order valence-electron chi connectivity index (χ4n) is 1.96. The summed E-state index contributed by atoms with van der Waals surface area (Å²) < 4.78 is 28.3. The second-order valence-corrected chi connectivity index (χ2v) is 4.98. The van der Waals surface area contributed by atoms with Crippen LogP contribution in [0.3, 0.4) is 0 Å². The highest BCUT2D eigenvalue weighted by atomic mass is 32.2. The maximum atomic E-state index is 11.0. The van der Waals surface area contributed by atoms with E-state index in [2.05, 4.69) is 0 Å². The first-order chi connectivity index (χ1) is 7.99. The zero-order valence-electron chi connectivity index (χ0n) is 9.21. The molecule has 2 heterocycles. The first-order valence-corrected chi connectivity index (χ1v) is 6.13. The molecule has 0 aliphatic carbocycles. The number of hydrogen-bond acceptors (Lipinski definition) is 4. The first-order valence-electron chi connectivity index (χ1n) is 5.10. The van der Waals surface area contributed by atoms with Crippen LogP contribution < -0.4 is 0 Å². The van der Waals surface area contributed by atoms with E-state index in [1.165, 1.54) is 0 Å². The van der Waals surface area contributed by atoms with E-state index < -0.39 is 23.3 Å². The van der Waals surface area contributed by atoms with E-state index in [1.54, 1.807) is 0 Å². The van der Waals surface area contributed by atoms with Crippen molar-refractivity contribution in [2.75, 3.05) is 13.2 Å². The van der Waals surface area contributed by atoms with Gasteiger partial charge < -0.3 is 14.4 Å². The lowest BCUT2D eigenvalue weighted by molar-refractivity contribution is -0.141. The molecule has 0 bridgehead atoms. The number of carbonyl (C=O) groups is 1. The van der Waals surface area contributed by atoms with Crippen molar-refractivity contribution in [1.82, 2.24) is 4.31 Å². The fourth-order valence-corrected chi connectivity index (χ4v) is 2.56. The summed E-state index contributed by atoms with van der Waals surface area (Å²) in [6.07, 6.45) is 2.02. The van der Waals surface area contributed by atoms with Gasteiger partial charge in [0.1, 0.15) is 18.4 Å². The molecule has 94 valence electrons. The number of carboxylic acids is 1. The van der Waals surface area contributed by atoms with E-state index in [-0.39, 0.29) is 13.0 Å². The molecule has 0 aromatic carbocycles. The highest BCUT2D eigenvalue weighted by Crippen LogP contribution is 2.29. The molecule has 0 spiro atoms. The van der Waals surface area contributed by atoms with Gasteiger partial charge in [0.2, 0.25) is 0 Å². The Morgan fingerprint density at radius 2 is 2.41 bits per heavy atom. The minimum Gasteiger partial charge on any atom is -0.760 e. The smallest absolute Gasteiger partial charge is 0.322 e. The maximum absolute atomic E-state index is 11.0. The van der Waals surface area contributed by atoms with Gasteiger partial charge in [-0.15, -0.1) is 0 Å². The molecule has 0 amide bonds. The lowest BCUT2D eigenvalue weighted by atomic mass is 9.97. The van der Waals surface area contributed by atoms with Gasteiger partial charge in [0, 0.05) is 17.7 Å². The average Bonchev–Trinajstić information content (AvgIpc) is 2.26. The van der Waals surface area contributed by atoms with Gasteiger partial charge >= 0.3 is 5.97 Å². The van der Waals surface area contributed by atoms with Gasteiger partial charge in [0.25, 0.3) is 0 Å². The quantitative estimate of drug-likeness (QED) is 0.713. The second-order valence-electron chi connectivity index (χ2n) is 4.08. The third kappa shape index (κ3) is 2.41. The predicted molar refractivity (Wildman–Crippen MR) is 58.4 cm³/mol. The summed E-state index contributed by atoms with van der Waals surface area (Å²) in [6.45, 7) is 2.31. The molecule has 2 aliphatic heterocycles. The van der Waals surface area contributed by atoms with Crippen molar-refractivity contribution in [2.24, 2.45) is 0 Å². The van der Waals surface area contributed by atoms with Crippen LogP contribution in [0.15, 0.2) is 23.0 Å². The Morgan fingerprint density at radius 1 is 1.71 bits per heavy atom. The van der Waals surface area contributed by atoms with E-state index in [1.807, 2.05) is 13.0 Å². The fraction of sp³-hybridized carbons (Fsp3) is 0.500. The van der Waals surface area contributed by atoms with Crippen molar-refractivity contribution in [2.45, 2.75) is 19.4 Å². The molecular formula is C10H12NO5S-. The summed E-state index contributed by atoms with van der Waals surface area (Å²) >= 11 is -2.56. The number of allylic oxidation sites excluding steroid dienone is 1. The zero-order valence-corrected chi connectivity index (χ0v) is 10.0. The van der Waals surface area contributed by atoms with Crippen molar-refractivity contribution >= 4 is 17.2 Å². The number of rotatable bonds is 2. The van der Waals surface area contributed by atoms with Gasteiger partial charge in [0.05, 0.1) is 6.54 Å². The van der Waals surface area contributed by atoms with Crippen LogP contribution in [0.2, 0.25) is 0 Å². The minimum atomic E-state index is -2.56. The van der Waals surface area contributed by atoms with E-state index in [0.29, 0.717) is 12.4 Å². The molecule has 17 heavy (non-hydrogen) atoms.